The summed E-state index contributed by atoms with van der Waals surface area (Å²) in [6.45, 7) is 0. The molecule has 0 aromatic heterocycles. The second-order valence-electron chi connectivity index (χ2n) is 0.778. The molecule has 0 aromatic carbocycles. The zero-order valence-corrected chi connectivity index (χ0v) is 8.98. The van der Waals surface area contributed by atoms with Crippen LogP contribution in [0.2, 0.25) is 0 Å². The van der Waals surface area contributed by atoms with E-state index in [9.17, 15) is 13.0 Å². The van der Waals surface area contributed by atoms with Crippen molar-refractivity contribution in [2.75, 3.05) is 0 Å². The summed E-state index contributed by atoms with van der Waals surface area (Å²) >= 11 is 0. The van der Waals surface area contributed by atoms with Crippen molar-refractivity contribution in [2.45, 2.75) is 0 Å². The average molecular weight is 200 g/mol. The quantitative estimate of drug-likeness (QED) is 0.268. The first-order valence-corrected chi connectivity index (χ1v) is 2.80. The van der Waals surface area contributed by atoms with Crippen LogP contribution in [0.4, 0.5) is 0 Å². The molecule has 0 aliphatic rings. The van der Waals surface area contributed by atoms with E-state index in [0.29, 0.717) is 0 Å². The summed E-state index contributed by atoms with van der Waals surface area (Å²) in [5.74, 6) is 0. The van der Waals surface area contributed by atoms with Gasteiger partial charge in [0.2, 0.25) is 0 Å². The maximum Gasteiger partial charge on any atom is 1.00 e. The van der Waals surface area contributed by atoms with Crippen LogP contribution < -0.4 is 35.7 Å². The Kier molecular flexibility index (Phi) is 21.8. The minimum absolute atomic E-state index is 0. The van der Waals surface area contributed by atoms with Crippen LogP contribution in [0.5, 0.6) is 0 Å². The Hall–Kier alpha value is 0.700. The maximum atomic E-state index is 9.43. The van der Waals surface area contributed by atoms with Crippen LogP contribution in [-0.2, 0) is 10.1 Å². The SMILES string of the molecule is Cl.N.O=S(=O)([O-])C=CO.[Na+]. The number of aliphatic hydroxyl groups excluding tert-OH is 1. The van der Waals surface area contributed by atoms with E-state index < -0.39 is 10.1 Å². The van der Waals surface area contributed by atoms with Crippen LogP contribution >= 0.6 is 12.4 Å². The molecule has 0 spiro atoms. The molecule has 0 aliphatic carbocycles. The van der Waals surface area contributed by atoms with E-state index in [4.69, 9.17) is 5.11 Å². The first kappa shape index (κ1) is 22.4. The molecule has 0 atom stereocenters. The largest absolute Gasteiger partial charge is 1.00 e. The Morgan fingerprint density at radius 1 is 1.40 bits per heavy atom. The predicted molar refractivity (Wildman–Crippen MR) is 33.7 cm³/mol. The van der Waals surface area contributed by atoms with E-state index in [1.165, 1.54) is 0 Å². The van der Waals surface area contributed by atoms with Gasteiger partial charge in [-0.1, -0.05) is 0 Å². The second-order valence-corrected chi connectivity index (χ2v) is 2.04. The molecule has 0 saturated heterocycles. The van der Waals surface area contributed by atoms with Gasteiger partial charge in [-0.3, -0.25) is 0 Å². The smallest absolute Gasteiger partial charge is 0.744 e. The van der Waals surface area contributed by atoms with E-state index in [1.54, 1.807) is 0 Å². The number of rotatable bonds is 1. The Morgan fingerprint density at radius 2 is 1.70 bits per heavy atom. The molecule has 0 bridgehead atoms. The Bertz CT molecular complexity index is 166. The first-order valence-electron chi connectivity index (χ1n) is 1.33. The van der Waals surface area contributed by atoms with Crippen LogP contribution in [0.1, 0.15) is 0 Å². The van der Waals surface area contributed by atoms with Crippen molar-refractivity contribution in [3.63, 3.8) is 0 Å². The topological polar surface area (TPSA) is 112 Å². The molecule has 0 fully saturated rings. The number of aliphatic hydroxyl groups is 1. The van der Waals surface area contributed by atoms with Gasteiger partial charge in [0, 0.05) is 0 Å². The van der Waals surface area contributed by atoms with Gasteiger partial charge in [0.25, 0.3) is 0 Å². The normalized spacial score (nSPS) is 8.90. The summed E-state index contributed by atoms with van der Waals surface area (Å²) in [4.78, 5) is 0. The molecule has 0 saturated carbocycles. The molecule has 0 radical (unpaired) electrons. The van der Waals surface area contributed by atoms with Crippen LogP contribution in [0.3, 0.4) is 0 Å². The summed E-state index contributed by atoms with van der Waals surface area (Å²) in [7, 11) is -4.35. The van der Waals surface area contributed by atoms with Crippen molar-refractivity contribution >= 4 is 22.5 Å². The third kappa shape index (κ3) is 23.4. The van der Waals surface area contributed by atoms with Crippen molar-refractivity contribution in [3.8, 4) is 0 Å². The zero-order valence-electron chi connectivity index (χ0n) is 5.35. The summed E-state index contributed by atoms with van der Waals surface area (Å²) < 4.78 is 28.3. The Labute approximate surface area is 87.5 Å². The molecule has 0 amide bonds. The van der Waals surface area contributed by atoms with Crippen LogP contribution in [0, 0.1) is 0 Å². The van der Waals surface area contributed by atoms with Crippen molar-refractivity contribution in [1.29, 1.82) is 0 Å². The Morgan fingerprint density at radius 3 is 1.70 bits per heavy atom. The van der Waals surface area contributed by atoms with Crippen LogP contribution in [0.15, 0.2) is 11.7 Å². The molecule has 4 N–H and O–H groups in total. The molecule has 5 nitrogen and oxygen atoms in total. The van der Waals surface area contributed by atoms with Gasteiger partial charge in [-0.2, -0.15) is 0 Å². The van der Waals surface area contributed by atoms with E-state index in [2.05, 4.69) is 0 Å². The molecular formula is C2H7ClNNaO4S. The number of hydrogen-bond donors (Lipinski definition) is 2. The number of hydrogen-bond acceptors (Lipinski definition) is 5. The third-order valence-corrected chi connectivity index (χ3v) is 0.683. The van der Waals surface area contributed by atoms with Gasteiger partial charge in [0.1, 0.15) is 10.1 Å². The van der Waals surface area contributed by atoms with Crippen molar-refractivity contribution < 1.29 is 47.6 Å². The van der Waals surface area contributed by atoms with E-state index >= 15 is 0 Å². The summed E-state index contributed by atoms with van der Waals surface area (Å²) in [5, 5.41) is 7.80. The third-order valence-electron chi connectivity index (χ3n) is 0.228. The molecule has 0 heterocycles. The molecule has 0 aromatic rings. The molecule has 10 heavy (non-hydrogen) atoms. The number of halogens is 1. The maximum absolute atomic E-state index is 9.43. The summed E-state index contributed by atoms with van der Waals surface area (Å²) in [6.07, 6.45) is 0.183. The van der Waals surface area contributed by atoms with E-state index in [1.807, 2.05) is 0 Å². The molecular weight excluding hydrogens is 193 g/mol. The predicted octanol–water partition coefficient (Wildman–Crippen LogP) is -2.85. The minimum atomic E-state index is -4.35. The summed E-state index contributed by atoms with van der Waals surface area (Å²) in [5.41, 5.74) is 0. The zero-order chi connectivity index (χ0) is 5.91. The van der Waals surface area contributed by atoms with Gasteiger partial charge >= 0.3 is 29.6 Å². The van der Waals surface area contributed by atoms with Gasteiger partial charge < -0.3 is 15.8 Å². The standard InChI is InChI=1S/C2H4O4S.ClH.H3N.Na/c3-1-2-7(4,5)6;;;/h1-3H,(H,4,5,6);1H;1H3;/q;;;+1/p-1. The summed E-state index contributed by atoms with van der Waals surface area (Å²) in [6, 6.07) is 0. The van der Waals surface area contributed by atoms with E-state index in [0.717, 1.165) is 0 Å². The van der Waals surface area contributed by atoms with Gasteiger partial charge in [-0.05, 0) is 0 Å². The van der Waals surface area contributed by atoms with Gasteiger partial charge in [-0.15, -0.1) is 12.4 Å². The molecule has 58 valence electrons. The average Bonchev–Trinajstić information content (AvgIpc) is 1.30. The van der Waals surface area contributed by atoms with Crippen molar-refractivity contribution in [3.05, 3.63) is 11.7 Å². The second kappa shape index (κ2) is 9.70. The van der Waals surface area contributed by atoms with E-state index in [-0.39, 0.29) is 59.8 Å². The molecule has 0 aliphatic heterocycles. The van der Waals surface area contributed by atoms with Crippen molar-refractivity contribution in [2.24, 2.45) is 0 Å². The fourth-order valence-electron chi connectivity index (χ4n) is 0.0745. The Balaban J connectivity index is -0.0000000600. The van der Waals surface area contributed by atoms with Gasteiger partial charge in [-0.25, -0.2) is 8.42 Å². The molecule has 0 unspecified atom stereocenters. The fourth-order valence-corrected chi connectivity index (χ4v) is 0.224. The fraction of sp³-hybridized carbons (Fsp3) is 0. The van der Waals surface area contributed by atoms with Crippen LogP contribution in [0.25, 0.3) is 0 Å². The van der Waals surface area contributed by atoms with Gasteiger partial charge in [0.05, 0.1) is 11.7 Å². The first-order chi connectivity index (χ1) is 3.06. The van der Waals surface area contributed by atoms with Crippen molar-refractivity contribution in [1.82, 2.24) is 6.15 Å². The molecule has 0 rings (SSSR count). The minimum Gasteiger partial charge on any atom is -0.744 e. The molecule has 8 heteroatoms. The van der Waals surface area contributed by atoms with Crippen LogP contribution in [-0.4, -0.2) is 18.1 Å². The van der Waals surface area contributed by atoms with Gasteiger partial charge in [0.15, 0.2) is 0 Å². The monoisotopic (exact) mass is 199 g/mol.